The van der Waals surface area contributed by atoms with Gasteiger partial charge >= 0.3 is 0 Å². The van der Waals surface area contributed by atoms with E-state index in [1.165, 1.54) is 11.1 Å². The molecule has 104 valence electrons. The molecule has 0 radical (unpaired) electrons. The van der Waals surface area contributed by atoms with Crippen LogP contribution in [0, 0.1) is 19.8 Å². The molecule has 0 aromatic heterocycles. The molecular weight excluding hydrogens is 246 g/mol. The van der Waals surface area contributed by atoms with Gasteiger partial charge in [-0.25, -0.2) is 0 Å². The van der Waals surface area contributed by atoms with Gasteiger partial charge in [-0.05, 0) is 49.3 Å². The van der Waals surface area contributed by atoms with Crippen LogP contribution in [0.4, 0.5) is 0 Å². The lowest BCUT2D eigenvalue weighted by Gasteiger charge is -2.23. The van der Waals surface area contributed by atoms with Gasteiger partial charge in [0, 0.05) is 0 Å². The maximum Gasteiger partial charge on any atom is 0.0733 e. The van der Waals surface area contributed by atoms with Gasteiger partial charge in [0.2, 0.25) is 0 Å². The van der Waals surface area contributed by atoms with Crippen molar-refractivity contribution < 1.29 is 5.11 Å². The van der Waals surface area contributed by atoms with Gasteiger partial charge < -0.3 is 10.8 Å². The highest BCUT2D eigenvalue weighted by molar-refractivity contribution is 5.85. The van der Waals surface area contributed by atoms with E-state index in [-0.39, 0.29) is 18.4 Å². The summed E-state index contributed by atoms with van der Waals surface area (Å²) in [6, 6.07) is 5.87. The maximum absolute atomic E-state index is 10.1. The number of nitrogens with two attached hydrogens (primary N) is 1. The summed E-state index contributed by atoms with van der Waals surface area (Å²) in [5.41, 5.74) is 9.61. The fraction of sp³-hybridized carbons (Fsp3) is 0.600. The van der Waals surface area contributed by atoms with Crippen LogP contribution in [-0.2, 0) is 0 Å². The van der Waals surface area contributed by atoms with Crippen LogP contribution in [0.5, 0.6) is 0 Å². The average molecular weight is 272 g/mol. The summed E-state index contributed by atoms with van der Waals surface area (Å²) in [6.45, 7) is 8.43. The van der Waals surface area contributed by atoms with Crippen LogP contribution in [0.1, 0.15) is 49.4 Å². The highest BCUT2D eigenvalue weighted by Crippen LogP contribution is 2.25. The molecule has 0 fully saturated rings. The molecule has 1 aromatic carbocycles. The third kappa shape index (κ3) is 4.60. The van der Waals surface area contributed by atoms with E-state index in [0.717, 1.165) is 18.4 Å². The monoisotopic (exact) mass is 271 g/mol. The molecule has 0 bridgehead atoms. The van der Waals surface area contributed by atoms with Crippen LogP contribution >= 0.6 is 12.4 Å². The molecule has 0 spiro atoms. The van der Waals surface area contributed by atoms with E-state index < -0.39 is 6.10 Å². The van der Waals surface area contributed by atoms with Gasteiger partial charge in [-0.2, -0.15) is 0 Å². The molecule has 1 rings (SSSR count). The second-order valence-electron chi connectivity index (χ2n) is 5.37. The molecule has 0 unspecified atom stereocenters. The Morgan fingerprint density at radius 2 is 1.61 bits per heavy atom. The van der Waals surface area contributed by atoms with E-state index in [9.17, 15) is 5.11 Å². The number of aryl methyl sites for hydroxylation is 2. The molecule has 1 aromatic rings. The lowest BCUT2D eigenvalue weighted by molar-refractivity contribution is 0.128. The average Bonchev–Trinajstić information content (AvgIpc) is 2.25. The normalized spacial score (nSPS) is 14.2. The van der Waals surface area contributed by atoms with Crippen molar-refractivity contribution in [3.63, 3.8) is 0 Å². The standard InChI is InChI=1S/C15H25NO.ClH/c1-10(2)8-9-13(17)15(16)14-11(3)6-5-7-12(14)4;/h5-7,10,13,15,17H,8-9,16H2,1-4H3;1H/t13-,15-;/m0./s1. The maximum atomic E-state index is 10.1. The summed E-state index contributed by atoms with van der Waals surface area (Å²) in [6.07, 6.45) is 1.34. The zero-order chi connectivity index (χ0) is 13.0. The van der Waals surface area contributed by atoms with Crippen molar-refractivity contribution in [1.82, 2.24) is 0 Å². The van der Waals surface area contributed by atoms with E-state index in [0.29, 0.717) is 5.92 Å². The van der Waals surface area contributed by atoms with Crippen LogP contribution in [-0.4, -0.2) is 11.2 Å². The van der Waals surface area contributed by atoms with Gasteiger partial charge in [0.15, 0.2) is 0 Å². The predicted molar refractivity (Wildman–Crippen MR) is 80.2 cm³/mol. The quantitative estimate of drug-likeness (QED) is 0.861. The Bertz CT molecular complexity index is 345. The molecule has 3 heteroatoms. The summed E-state index contributed by atoms with van der Waals surface area (Å²) >= 11 is 0. The second-order valence-corrected chi connectivity index (χ2v) is 5.37. The van der Waals surface area contributed by atoms with Crippen LogP contribution in [0.2, 0.25) is 0 Å². The summed E-state index contributed by atoms with van der Waals surface area (Å²) in [4.78, 5) is 0. The number of hydrogen-bond acceptors (Lipinski definition) is 2. The van der Waals surface area contributed by atoms with E-state index in [1.54, 1.807) is 0 Å². The van der Waals surface area contributed by atoms with Crippen molar-refractivity contribution in [3.05, 3.63) is 34.9 Å². The lowest BCUT2D eigenvalue weighted by atomic mass is 9.90. The Kier molecular flexibility index (Phi) is 7.53. The largest absolute Gasteiger partial charge is 0.391 e. The van der Waals surface area contributed by atoms with Gasteiger partial charge in [-0.1, -0.05) is 32.0 Å². The van der Waals surface area contributed by atoms with Gasteiger partial charge in [-0.3, -0.25) is 0 Å². The van der Waals surface area contributed by atoms with E-state index in [1.807, 2.05) is 6.07 Å². The molecule has 0 amide bonds. The van der Waals surface area contributed by atoms with Crippen LogP contribution < -0.4 is 5.73 Å². The number of halogens is 1. The van der Waals surface area contributed by atoms with Crippen LogP contribution in [0.25, 0.3) is 0 Å². The molecule has 2 atom stereocenters. The Morgan fingerprint density at radius 1 is 1.11 bits per heavy atom. The SMILES string of the molecule is Cc1cccc(C)c1[C@@H](N)[C@@H](O)CCC(C)C.Cl. The van der Waals surface area contributed by atoms with Crippen molar-refractivity contribution >= 4 is 12.4 Å². The van der Waals surface area contributed by atoms with Gasteiger partial charge in [0.1, 0.15) is 0 Å². The molecular formula is C15H26ClNO. The third-order valence-corrected chi connectivity index (χ3v) is 3.33. The molecule has 0 aliphatic rings. The van der Waals surface area contributed by atoms with Crippen molar-refractivity contribution in [3.8, 4) is 0 Å². The first-order valence-corrected chi connectivity index (χ1v) is 6.43. The summed E-state index contributed by atoms with van der Waals surface area (Å²) in [5, 5.41) is 10.1. The lowest BCUT2D eigenvalue weighted by Crippen LogP contribution is -2.28. The first kappa shape index (κ1) is 17.4. The van der Waals surface area contributed by atoms with Crippen molar-refractivity contribution in [2.24, 2.45) is 11.7 Å². The van der Waals surface area contributed by atoms with Crippen molar-refractivity contribution in [2.75, 3.05) is 0 Å². The fourth-order valence-electron chi connectivity index (χ4n) is 2.23. The molecule has 18 heavy (non-hydrogen) atoms. The Hall–Kier alpha value is -0.570. The van der Waals surface area contributed by atoms with Gasteiger partial charge in [0.05, 0.1) is 12.1 Å². The van der Waals surface area contributed by atoms with Gasteiger partial charge in [0.25, 0.3) is 0 Å². The zero-order valence-electron chi connectivity index (χ0n) is 11.8. The zero-order valence-corrected chi connectivity index (χ0v) is 12.6. The first-order chi connectivity index (χ1) is 7.93. The topological polar surface area (TPSA) is 46.2 Å². The number of benzene rings is 1. The molecule has 0 aliphatic heterocycles. The fourth-order valence-corrected chi connectivity index (χ4v) is 2.23. The molecule has 2 nitrogen and oxygen atoms in total. The number of rotatable bonds is 5. The second kappa shape index (κ2) is 7.78. The summed E-state index contributed by atoms with van der Waals surface area (Å²) in [7, 11) is 0. The molecule has 3 N–H and O–H groups in total. The predicted octanol–water partition coefficient (Wildman–Crippen LogP) is 3.52. The summed E-state index contributed by atoms with van der Waals surface area (Å²) in [5.74, 6) is 0.606. The van der Waals surface area contributed by atoms with Crippen molar-refractivity contribution in [2.45, 2.75) is 52.7 Å². The molecule has 0 heterocycles. The molecule has 0 aliphatic carbocycles. The Balaban J connectivity index is 0.00000289. The Morgan fingerprint density at radius 3 is 2.06 bits per heavy atom. The number of aliphatic hydroxyl groups is 1. The molecule has 0 saturated carbocycles. The van der Waals surface area contributed by atoms with Gasteiger partial charge in [-0.15, -0.1) is 12.4 Å². The smallest absolute Gasteiger partial charge is 0.0733 e. The van der Waals surface area contributed by atoms with E-state index in [2.05, 4.69) is 39.8 Å². The van der Waals surface area contributed by atoms with Crippen molar-refractivity contribution in [1.29, 1.82) is 0 Å². The van der Waals surface area contributed by atoms with Crippen LogP contribution in [0.15, 0.2) is 18.2 Å². The minimum absolute atomic E-state index is 0. The minimum atomic E-state index is -0.447. The van der Waals surface area contributed by atoms with Crippen LogP contribution in [0.3, 0.4) is 0 Å². The number of hydrogen-bond donors (Lipinski definition) is 2. The Labute approximate surface area is 117 Å². The molecule has 0 saturated heterocycles. The number of aliphatic hydroxyl groups excluding tert-OH is 1. The highest BCUT2D eigenvalue weighted by atomic mass is 35.5. The summed E-state index contributed by atoms with van der Waals surface area (Å²) < 4.78 is 0. The highest BCUT2D eigenvalue weighted by Gasteiger charge is 2.20. The first-order valence-electron chi connectivity index (χ1n) is 6.43. The van der Waals surface area contributed by atoms with E-state index in [4.69, 9.17) is 5.73 Å². The third-order valence-electron chi connectivity index (χ3n) is 3.33. The minimum Gasteiger partial charge on any atom is -0.391 e. The van der Waals surface area contributed by atoms with E-state index >= 15 is 0 Å².